The Morgan fingerprint density at radius 1 is 1.18 bits per heavy atom. The fraction of sp³-hybridized carbons (Fsp3) is 0.350. The zero-order valence-electron chi connectivity index (χ0n) is 16.3. The van der Waals surface area contributed by atoms with Crippen LogP contribution in [0.4, 0.5) is 0 Å². The van der Waals surface area contributed by atoms with Crippen molar-refractivity contribution in [1.82, 2.24) is 24.8 Å². The summed E-state index contributed by atoms with van der Waals surface area (Å²) in [7, 11) is 1.69. The number of hydrogen-bond acceptors (Lipinski definition) is 6. The number of nitrogens with zero attached hydrogens (tertiary/aromatic N) is 5. The van der Waals surface area contributed by atoms with Gasteiger partial charge in [0.2, 0.25) is 0 Å². The molecule has 3 aromatic rings. The number of hydrogen-bond donors (Lipinski definition) is 0. The summed E-state index contributed by atoms with van der Waals surface area (Å²) in [4.78, 5) is 30.1. The Hall–Kier alpha value is -3.29. The van der Waals surface area contributed by atoms with Gasteiger partial charge in [0.15, 0.2) is 5.82 Å². The summed E-state index contributed by atoms with van der Waals surface area (Å²) < 4.78 is 6.33. The second-order valence-electron chi connectivity index (χ2n) is 6.68. The van der Waals surface area contributed by atoms with Gasteiger partial charge in [-0.15, -0.1) is 0 Å². The molecule has 0 fully saturated rings. The normalized spacial score (nSPS) is 10.8. The van der Waals surface area contributed by atoms with Crippen LogP contribution < -0.4 is 5.56 Å². The molecule has 0 radical (unpaired) electrons. The van der Waals surface area contributed by atoms with Crippen molar-refractivity contribution in [2.24, 2.45) is 0 Å². The molecule has 0 aliphatic carbocycles. The predicted molar refractivity (Wildman–Crippen MR) is 104 cm³/mol. The minimum atomic E-state index is -0.332. The average molecular weight is 381 g/mol. The summed E-state index contributed by atoms with van der Waals surface area (Å²) in [6, 6.07) is 11.0. The van der Waals surface area contributed by atoms with Gasteiger partial charge in [-0.3, -0.25) is 9.59 Å². The van der Waals surface area contributed by atoms with E-state index in [9.17, 15) is 9.59 Å². The molecule has 8 nitrogen and oxygen atoms in total. The molecule has 0 saturated carbocycles. The zero-order chi connectivity index (χ0) is 20.1. The van der Waals surface area contributed by atoms with Gasteiger partial charge < -0.3 is 9.42 Å². The van der Waals surface area contributed by atoms with Crippen molar-refractivity contribution in [3.8, 4) is 11.3 Å². The summed E-state index contributed by atoms with van der Waals surface area (Å²) >= 11 is 0. The van der Waals surface area contributed by atoms with Gasteiger partial charge >= 0.3 is 11.8 Å². The molecule has 0 saturated heterocycles. The Kier molecular flexibility index (Phi) is 5.98. The van der Waals surface area contributed by atoms with Crippen molar-refractivity contribution in [3.05, 3.63) is 64.0 Å². The molecule has 0 spiro atoms. The number of aryl methyl sites for hydroxylation is 1. The second kappa shape index (κ2) is 8.60. The number of carbonyl (C=O) groups excluding carboxylic acids is 1. The van der Waals surface area contributed by atoms with Crippen LogP contribution in [0.5, 0.6) is 0 Å². The molecule has 8 heteroatoms. The lowest BCUT2D eigenvalue weighted by Crippen LogP contribution is -2.28. The van der Waals surface area contributed by atoms with Crippen LogP contribution in [-0.4, -0.2) is 44.3 Å². The Morgan fingerprint density at radius 2 is 1.93 bits per heavy atom. The third-order valence-corrected chi connectivity index (χ3v) is 4.35. The van der Waals surface area contributed by atoms with Gasteiger partial charge in [0.1, 0.15) is 6.54 Å². The highest BCUT2D eigenvalue weighted by atomic mass is 16.5. The molecule has 0 aliphatic rings. The number of amides is 1. The molecule has 0 atom stereocenters. The lowest BCUT2D eigenvalue weighted by atomic mass is 10.1. The minimum absolute atomic E-state index is 0.0218. The van der Waals surface area contributed by atoms with E-state index >= 15 is 0 Å². The Balaban J connectivity index is 1.78. The second-order valence-corrected chi connectivity index (χ2v) is 6.68. The maximum Gasteiger partial charge on any atom is 0.316 e. The van der Waals surface area contributed by atoms with E-state index in [4.69, 9.17) is 4.52 Å². The lowest BCUT2D eigenvalue weighted by molar-refractivity contribution is 0.0744. The van der Waals surface area contributed by atoms with E-state index in [0.717, 1.165) is 24.0 Å². The molecule has 2 heterocycles. The van der Waals surface area contributed by atoms with Crippen LogP contribution in [0.2, 0.25) is 0 Å². The highest BCUT2D eigenvalue weighted by molar-refractivity contribution is 5.89. The Morgan fingerprint density at radius 3 is 2.64 bits per heavy atom. The summed E-state index contributed by atoms with van der Waals surface area (Å²) in [5, 5.41) is 8.20. The van der Waals surface area contributed by atoms with Gasteiger partial charge in [-0.25, -0.2) is 4.68 Å². The topological polar surface area (TPSA) is 94.1 Å². The van der Waals surface area contributed by atoms with Crippen molar-refractivity contribution in [1.29, 1.82) is 0 Å². The summed E-state index contributed by atoms with van der Waals surface area (Å²) in [6.07, 6.45) is 1.88. The molecule has 3 rings (SSSR count). The fourth-order valence-electron chi connectivity index (χ4n) is 2.64. The molecule has 1 aromatic carbocycles. The van der Waals surface area contributed by atoms with E-state index in [1.54, 1.807) is 18.0 Å². The first kappa shape index (κ1) is 19.5. The molecule has 0 N–H and O–H groups in total. The van der Waals surface area contributed by atoms with Crippen LogP contribution in [0.15, 0.2) is 45.7 Å². The predicted octanol–water partition coefficient (Wildman–Crippen LogP) is 2.52. The maximum atomic E-state index is 12.3. The molecule has 0 bridgehead atoms. The lowest BCUT2D eigenvalue weighted by Gasteiger charge is -2.13. The first-order chi connectivity index (χ1) is 13.5. The number of aromatic nitrogens is 4. The van der Waals surface area contributed by atoms with E-state index in [-0.39, 0.29) is 29.7 Å². The van der Waals surface area contributed by atoms with Crippen molar-refractivity contribution < 1.29 is 9.32 Å². The first-order valence-electron chi connectivity index (χ1n) is 9.21. The Bertz CT molecular complexity index is 1010. The van der Waals surface area contributed by atoms with E-state index in [1.165, 1.54) is 10.7 Å². The van der Waals surface area contributed by atoms with Gasteiger partial charge in [0.25, 0.3) is 5.56 Å². The third kappa shape index (κ3) is 4.51. The first-order valence-corrected chi connectivity index (χ1v) is 9.21. The van der Waals surface area contributed by atoms with E-state index in [2.05, 4.69) is 22.2 Å². The molecule has 1 amide bonds. The molecule has 0 unspecified atom stereocenters. The Labute approximate surface area is 162 Å². The highest BCUT2D eigenvalue weighted by Crippen LogP contribution is 2.16. The average Bonchev–Trinajstić information content (AvgIpc) is 3.16. The van der Waals surface area contributed by atoms with Crippen molar-refractivity contribution >= 4 is 5.91 Å². The summed E-state index contributed by atoms with van der Waals surface area (Å²) in [5.74, 6) is -0.194. The van der Waals surface area contributed by atoms with Crippen LogP contribution in [-0.2, 0) is 6.54 Å². The monoisotopic (exact) mass is 381 g/mol. The molecule has 146 valence electrons. The van der Waals surface area contributed by atoms with Gasteiger partial charge in [-0.1, -0.05) is 48.3 Å². The SMILES string of the molecule is CCCCN(C)C(=O)c1nc(Cn2nc(-c3ccc(C)cc3)ccc2=O)no1. The molecule has 2 aromatic heterocycles. The summed E-state index contributed by atoms with van der Waals surface area (Å²) in [6.45, 7) is 4.70. The van der Waals surface area contributed by atoms with Crippen LogP contribution in [0.25, 0.3) is 11.3 Å². The van der Waals surface area contributed by atoms with Crippen LogP contribution in [0, 0.1) is 6.92 Å². The number of unbranched alkanes of at least 4 members (excludes halogenated alkanes) is 1. The van der Waals surface area contributed by atoms with Crippen LogP contribution >= 0.6 is 0 Å². The quantitative estimate of drug-likeness (QED) is 0.624. The fourth-order valence-corrected chi connectivity index (χ4v) is 2.64. The molecule has 0 aliphatic heterocycles. The minimum Gasteiger partial charge on any atom is -0.338 e. The highest BCUT2D eigenvalue weighted by Gasteiger charge is 2.19. The van der Waals surface area contributed by atoms with Crippen molar-refractivity contribution in [2.75, 3.05) is 13.6 Å². The van der Waals surface area contributed by atoms with Gasteiger partial charge in [-0.05, 0) is 19.4 Å². The number of carbonyl (C=O) groups is 1. The number of benzene rings is 1. The van der Waals surface area contributed by atoms with Gasteiger partial charge in [-0.2, -0.15) is 10.1 Å². The van der Waals surface area contributed by atoms with E-state index < -0.39 is 0 Å². The van der Waals surface area contributed by atoms with Crippen LogP contribution in [0.1, 0.15) is 41.8 Å². The van der Waals surface area contributed by atoms with Crippen molar-refractivity contribution in [3.63, 3.8) is 0 Å². The van der Waals surface area contributed by atoms with E-state index in [0.29, 0.717) is 12.2 Å². The standard InChI is InChI=1S/C20H23N5O3/c1-4-5-12-24(3)20(27)19-21-17(23-28-19)13-25-18(26)11-10-16(22-25)15-8-6-14(2)7-9-15/h6-11H,4-5,12-13H2,1-3H3. The van der Waals surface area contributed by atoms with E-state index in [1.807, 2.05) is 31.2 Å². The summed E-state index contributed by atoms with van der Waals surface area (Å²) in [5.41, 5.74) is 2.43. The largest absolute Gasteiger partial charge is 0.338 e. The number of rotatable bonds is 7. The maximum absolute atomic E-state index is 12.3. The molecule has 28 heavy (non-hydrogen) atoms. The van der Waals surface area contributed by atoms with Crippen molar-refractivity contribution in [2.45, 2.75) is 33.2 Å². The third-order valence-electron chi connectivity index (χ3n) is 4.35. The van der Waals surface area contributed by atoms with Crippen LogP contribution in [0.3, 0.4) is 0 Å². The van der Waals surface area contributed by atoms with Gasteiger partial charge in [0, 0.05) is 25.2 Å². The molecular weight excluding hydrogens is 358 g/mol. The zero-order valence-corrected chi connectivity index (χ0v) is 16.3. The van der Waals surface area contributed by atoms with Gasteiger partial charge in [0.05, 0.1) is 5.69 Å². The molecular formula is C20H23N5O3. The smallest absolute Gasteiger partial charge is 0.316 e.